The van der Waals surface area contributed by atoms with E-state index in [1.807, 2.05) is 0 Å². The molecule has 0 rings (SSSR count). The van der Waals surface area contributed by atoms with Gasteiger partial charge in [-0.2, -0.15) is 43.9 Å². The van der Waals surface area contributed by atoms with Crippen LogP contribution in [-0.2, 0) is 20.2 Å². The summed E-state index contributed by atoms with van der Waals surface area (Å²) in [6, 6.07) is 0. The maximum Gasteiger partial charge on any atom is 2.00 e. The zero-order valence-corrected chi connectivity index (χ0v) is 13.6. The standard InChI is InChI=1S/2C2HF5O3S.Ca/c2*3-1(4,5)2(6,7)11(8,9)10;/h2*(H,8,9,10);/q;;+2/p-2. The SMILES string of the molecule is O=S(=O)([O-])C(F)(F)C(F)(F)F.O=S(=O)([O-])C(F)(F)C(F)(F)F.[Ca+2]. The van der Waals surface area contributed by atoms with Crippen LogP contribution in [0.3, 0.4) is 0 Å². The summed E-state index contributed by atoms with van der Waals surface area (Å²) in [5.74, 6) is 0. The molecular weight excluding hydrogens is 438 g/mol. The van der Waals surface area contributed by atoms with E-state index in [0.29, 0.717) is 0 Å². The van der Waals surface area contributed by atoms with Crippen LogP contribution >= 0.6 is 0 Å². The number of alkyl halides is 10. The van der Waals surface area contributed by atoms with E-state index < -0.39 is 43.1 Å². The minimum absolute atomic E-state index is 0. The monoisotopic (exact) mass is 438 g/mol. The van der Waals surface area contributed by atoms with Gasteiger partial charge in [0.1, 0.15) is 0 Å². The Morgan fingerprint density at radius 2 is 0.652 bits per heavy atom. The van der Waals surface area contributed by atoms with Crippen molar-refractivity contribution >= 4 is 58.0 Å². The molecule has 0 aliphatic carbocycles. The fourth-order valence-electron chi connectivity index (χ4n) is 0.283. The quantitative estimate of drug-likeness (QED) is 0.361. The fourth-order valence-corrected chi connectivity index (χ4v) is 0.850. The molecule has 0 aliphatic heterocycles. The van der Waals surface area contributed by atoms with Crippen LogP contribution in [0.15, 0.2) is 0 Å². The van der Waals surface area contributed by atoms with Crippen LogP contribution in [0.1, 0.15) is 0 Å². The average molecular weight is 438 g/mol. The molecule has 0 amide bonds. The number of rotatable bonds is 2. The van der Waals surface area contributed by atoms with E-state index in [-0.39, 0.29) is 37.7 Å². The van der Waals surface area contributed by atoms with Crippen molar-refractivity contribution < 1.29 is 69.8 Å². The molecule has 0 radical (unpaired) electrons. The zero-order valence-electron chi connectivity index (χ0n) is 9.75. The summed E-state index contributed by atoms with van der Waals surface area (Å²) >= 11 is 0. The van der Waals surface area contributed by atoms with E-state index in [0.717, 1.165) is 0 Å². The molecule has 19 heteroatoms. The largest absolute Gasteiger partial charge is 2.00 e. The van der Waals surface area contributed by atoms with Crippen molar-refractivity contribution in [3.63, 3.8) is 0 Å². The molecule has 0 saturated carbocycles. The van der Waals surface area contributed by atoms with Crippen LogP contribution in [0.2, 0.25) is 0 Å². The van der Waals surface area contributed by atoms with Crippen molar-refractivity contribution in [1.82, 2.24) is 0 Å². The van der Waals surface area contributed by atoms with Crippen molar-refractivity contribution in [2.24, 2.45) is 0 Å². The van der Waals surface area contributed by atoms with Crippen molar-refractivity contribution in [3.05, 3.63) is 0 Å². The van der Waals surface area contributed by atoms with Crippen molar-refractivity contribution in [3.8, 4) is 0 Å². The third-order valence-electron chi connectivity index (χ3n) is 1.29. The summed E-state index contributed by atoms with van der Waals surface area (Å²) in [4.78, 5) is 0. The molecule has 0 aromatic heterocycles. The molecule has 0 saturated heterocycles. The summed E-state index contributed by atoms with van der Waals surface area (Å²) < 4.78 is 167. The van der Waals surface area contributed by atoms with Crippen LogP contribution in [-0.4, -0.2) is 86.5 Å². The molecule has 0 aromatic carbocycles. The molecule has 0 unspecified atom stereocenters. The third kappa shape index (κ3) is 7.02. The van der Waals surface area contributed by atoms with Gasteiger partial charge in [-0.15, -0.1) is 0 Å². The molecule has 0 atom stereocenters. The van der Waals surface area contributed by atoms with Gasteiger partial charge in [0.25, 0.3) is 0 Å². The Kier molecular flexibility index (Phi) is 9.47. The second-order valence-corrected chi connectivity index (χ2v) is 5.78. The number of hydrogen-bond acceptors (Lipinski definition) is 6. The molecule has 0 bridgehead atoms. The summed E-state index contributed by atoms with van der Waals surface area (Å²) in [5, 5.41) is -12.4. The van der Waals surface area contributed by atoms with Gasteiger partial charge in [0.2, 0.25) is 0 Å². The van der Waals surface area contributed by atoms with Crippen LogP contribution in [0, 0.1) is 0 Å². The predicted molar refractivity (Wildman–Crippen MR) is 47.2 cm³/mol. The molecule has 0 aromatic rings. The molecule has 0 heterocycles. The van der Waals surface area contributed by atoms with Crippen LogP contribution < -0.4 is 0 Å². The van der Waals surface area contributed by atoms with E-state index in [1.165, 1.54) is 0 Å². The Balaban J connectivity index is -0.000000333. The van der Waals surface area contributed by atoms with E-state index in [1.54, 1.807) is 0 Å². The minimum atomic E-state index is -6.67. The predicted octanol–water partition coefficient (Wildman–Crippen LogP) is 0.993. The Bertz CT molecular complexity index is 534. The van der Waals surface area contributed by atoms with Crippen molar-refractivity contribution in [2.75, 3.05) is 0 Å². The van der Waals surface area contributed by atoms with Gasteiger partial charge in [-0.25, -0.2) is 16.8 Å². The van der Waals surface area contributed by atoms with Gasteiger partial charge in [0.15, 0.2) is 20.2 Å². The van der Waals surface area contributed by atoms with Crippen molar-refractivity contribution in [1.29, 1.82) is 0 Å². The minimum Gasteiger partial charge on any atom is -0.743 e. The molecule has 0 aliphatic rings. The van der Waals surface area contributed by atoms with Gasteiger partial charge in [0, 0.05) is 0 Å². The summed E-state index contributed by atoms with van der Waals surface area (Å²) in [6.45, 7) is 0. The molecular formula is C4CaF10O6S2. The Labute approximate surface area is 150 Å². The topological polar surface area (TPSA) is 114 Å². The maximum absolute atomic E-state index is 11.4. The molecule has 0 spiro atoms. The van der Waals surface area contributed by atoms with E-state index >= 15 is 0 Å². The van der Waals surface area contributed by atoms with Gasteiger partial charge < -0.3 is 9.11 Å². The smallest absolute Gasteiger partial charge is 0.743 e. The third-order valence-corrected chi connectivity index (χ3v) is 3.01. The molecule has 23 heavy (non-hydrogen) atoms. The number of hydrogen-bond donors (Lipinski definition) is 0. The Hall–Kier alpha value is 0.380. The van der Waals surface area contributed by atoms with Crippen LogP contribution in [0.25, 0.3) is 0 Å². The zero-order chi connectivity index (χ0) is 19.0. The summed E-state index contributed by atoms with van der Waals surface area (Å²) in [7, 11) is -13.3. The van der Waals surface area contributed by atoms with Crippen LogP contribution in [0.5, 0.6) is 0 Å². The van der Waals surface area contributed by atoms with E-state index in [2.05, 4.69) is 0 Å². The molecule has 136 valence electrons. The van der Waals surface area contributed by atoms with Gasteiger partial charge in [-0.3, -0.25) is 0 Å². The van der Waals surface area contributed by atoms with E-state index in [4.69, 9.17) is 0 Å². The first-order chi connectivity index (χ1) is 9.00. The fraction of sp³-hybridized carbons (Fsp3) is 1.00. The molecule has 0 N–H and O–H groups in total. The first-order valence-electron chi connectivity index (χ1n) is 3.80. The summed E-state index contributed by atoms with van der Waals surface area (Å²) in [6.07, 6.45) is -12.7. The second kappa shape index (κ2) is 7.73. The normalized spacial score (nSPS) is 14.4. The van der Waals surface area contributed by atoms with Gasteiger partial charge in [0.05, 0.1) is 0 Å². The van der Waals surface area contributed by atoms with Gasteiger partial charge in [-0.05, 0) is 0 Å². The van der Waals surface area contributed by atoms with Gasteiger partial charge >= 0.3 is 60.6 Å². The first-order valence-corrected chi connectivity index (χ1v) is 6.61. The number of halogens is 10. The Morgan fingerprint density at radius 1 is 0.522 bits per heavy atom. The first kappa shape index (κ1) is 28.2. The Morgan fingerprint density at radius 3 is 0.652 bits per heavy atom. The van der Waals surface area contributed by atoms with Crippen LogP contribution in [0.4, 0.5) is 43.9 Å². The summed E-state index contributed by atoms with van der Waals surface area (Å²) in [5.41, 5.74) is 0. The van der Waals surface area contributed by atoms with Crippen molar-refractivity contribution in [2.45, 2.75) is 22.9 Å². The average Bonchev–Trinajstić information content (AvgIpc) is 2.10. The van der Waals surface area contributed by atoms with E-state index in [9.17, 15) is 69.8 Å². The maximum atomic E-state index is 11.4. The molecule has 6 nitrogen and oxygen atoms in total. The second-order valence-electron chi connectivity index (χ2n) is 2.94. The molecule has 0 fully saturated rings. The van der Waals surface area contributed by atoms with Gasteiger partial charge in [-0.1, -0.05) is 0 Å².